The maximum Gasteiger partial charge on any atom is 0.247 e. The monoisotopic (exact) mass is 477 g/mol. The van der Waals surface area contributed by atoms with E-state index in [2.05, 4.69) is 10.3 Å². The van der Waals surface area contributed by atoms with Crippen molar-refractivity contribution in [1.29, 1.82) is 0 Å². The van der Waals surface area contributed by atoms with Crippen molar-refractivity contribution in [2.45, 2.75) is 57.2 Å². The molecule has 1 fully saturated rings. The van der Waals surface area contributed by atoms with Gasteiger partial charge in [-0.1, -0.05) is 43.5 Å². The van der Waals surface area contributed by atoms with E-state index in [4.69, 9.17) is 4.74 Å². The standard InChI is InChI=1S/C27H31N3O3S/c1-33-23-13-11-20(12-14-23)19-30(25(31)17-24-10-6-16-34-24)26(21-7-5-15-28-18-21)27(32)29-22-8-3-2-4-9-22/h5-7,10-16,18,22,26H,2-4,8-9,17,19H2,1H3,(H,29,32). The molecule has 2 aromatic heterocycles. The predicted octanol–water partition coefficient (Wildman–Crippen LogP) is 4.91. The van der Waals surface area contributed by atoms with Gasteiger partial charge in [-0.2, -0.15) is 0 Å². The first kappa shape index (κ1) is 24.0. The van der Waals surface area contributed by atoms with Crippen LogP contribution in [0.25, 0.3) is 0 Å². The second-order valence-corrected chi connectivity index (χ2v) is 9.69. The van der Waals surface area contributed by atoms with Crippen LogP contribution < -0.4 is 10.1 Å². The lowest BCUT2D eigenvalue weighted by Gasteiger charge is -2.33. The predicted molar refractivity (Wildman–Crippen MR) is 134 cm³/mol. The summed E-state index contributed by atoms with van der Waals surface area (Å²) < 4.78 is 5.28. The molecule has 1 saturated carbocycles. The molecule has 6 nitrogen and oxygen atoms in total. The molecule has 0 radical (unpaired) electrons. The number of aromatic nitrogens is 1. The van der Waals surface area contributed by atoms with Crippen LogP contribution in [-0.4, -0.2) is 34.8 Å². The molecule has 1 unspecified atom stereocenters. The van der Waals surface area contributed by atoms with Gasteiger partial charge in [0.2, 0.25) is 11.8 Å². The first-order valence-corrected chi connectivity index (χ1v) is 12.7. The molecule has 1 aliphatic carbocycles. The average Bonchev–Trinajstić information content (AvgIpc) is 3.38. The van der Waals surface area contributed by atoms with E-state index in [1.807, 2.05) is 53.9 Å². The van der Waals surface area contributed by atoms with E-state index in [0.717, 1.165) is 41.9 Å². The summed E-state index contributed by atoms with van der Waals surface area (Å²) in [5.41, 5.74) is 1.64. The number of amides is 2. The zero-order valence-electron chi connectivity index (χ0n) is 19.5. The summed E-state index contributed by atoms with van der Waals surface area (Å²) in [6, 6.07) is 14.6. The number of methoxy groups -OCH3 is 1. The van der Waals surface area contributed by atoms with Gasteiger partial charge in [-0.15, -0.1) is 11.3 Å². The fourth-order valence-corrected chi connectivity index (χ4v) is 5.15. The highest BCUT2D eigenvalue weighted by Gasteiger charge is 2.33. The molecule has 0 spiro atoms. The van der Waals surface area contributed by atoms with Gasteiger partial charge in [-0.3, -0.25) is 14.6 Å². The summed E-state index contributed by atoms with van der Waals surface area (Å²) in [5.74, 6) is 0.512. The van der Waals surface area contributed by atoms with Crippen molar-refractivity contribution in [2.75, 3.05) is 7.11 Å². The van der Waals surface area contributed by atoms with Crippen molar-refractivity contribution >= 4 is 23.2 Å². The highest BCUT2D eigenvalue weighted by Crippen LogP contribution is 2.27. The van der Waals surface area contributed by atoms with Crippen molar-refractivity contribution in [3.05, 3.63) is 82.3 Å². The van der Waals surface area contributed by atoms with Crippen LogP contribution in [0.15, 0.2) is 66.3 Å². The normalized spacial score (nSPS) is 14.9. The molecule has 178 valence electrons. The van der Waals surface area contributed by atoms with Crippen LogP contribution >= 0.6 is 11.3 Å². The van der Waals surface area contributed by atoms with Crippen molar-refractivity contribution in [2.24, 2.45) is 0 Å². The highest BCUT2D eigenvalue weighted by atomic mass is 32.1. The van der Waals surface area contributed by atoms with Crippen LogP contribution in [-0.2, 0) is 22.6 Å². The Hall–Kier alpha value is -3.19. The largest absolute Gasteiger partial charge is 0.497 e. The number of thiophene rings is 1. The Morgan fingerprint density at radius 3 is 2.56 bits per heavy atom. The summed E-state index contributed by atoms with van der Waals surface area (Å²) in [7, 11) is 1.62. The third kappa shape index (κ3) is 6.23. The molecule has 1 atom stereocenters. The third-order valence-electron chi connectivity index (χ3n) is 6.25. The van der Waals surface area contributed by atoms with Crippen LogP contribution in [0, 0.1) is 0 Å². The SMILES string of the molecule is COc1ccc(CN(C(=O)Cc2cccs2)C(C(=O)NC2CCCCC2)c2cccnc2)cc1. The lowest BCUT2D eigenvalue weighted by molar-refractivity contribution is -0.141. The summed E-state index contributed by atoms with van der Waals surface area (Å²) in [4.78, 5) is 34.3. The quantitative estimate of drug-likeness (QED) is 0.475. The fourth-order valence-electron chi connectivity index (χ4n) is 4.45. The second-order valence-electron chi connectivity index (χ2n) is 8.66. The number of pyridine rings is 1. The van der Waals surface area contributed by atoms with Gasteiger partial charge in [0.15, 0.2) is 0 Å². The minimum absolute atomic E-state index is 0.0917. The van der Waals surface area contributed by atoms with Crippen LogP contribution in [0.5, 0.6) is 5.75 Å². The molecular weight excluding hydrogens is 446 g/mol. The number of carbonyl (C=O) groups excluding carboxylic acids is 2. The lowest BCUT2D eigenvalue weighted by Crippen LogP contribution is -2.47. The second kappa shape index (κ2) is 11.8. The molecule has 0 aliphatic heterocycles. The van der Waals surface area contributed by atoms with Crippen molar-refractivity contribution < 1.29 is 14.3 Å². The van der Waals surface area contributed by atoms with Gasteiger partial charge in [-0.05, 0) is 48.1 Å². The molecule has 2 amide bonds. The maximum absolute atomic E-state index is 13.7. The Balaban J connectivity index is 1.66. The van der Waals surface area contributed by atoms with Gasteiger partial charge in [0.05, 0.1) is 13.5 Å². The molecule has 2 heterocycles. The Kier molecular flexibility index (Phi) is 8.31. The van der Waals surface area contributed by atoms with E-state index in [1.165, 1.54) is 6.42 Å². The van der Waals surface area contributed by atoms with Gasteiger partial charge in [-0.25, -0.2) is 0 Å². The van der Waals surface area contributed by atoms with Gasteiger partial charge < -0.3 is 15.0 Å². The van der Waals surface area contributed by atoms with Crippen molar-refractivity contribution in [3.63, 3.8) is 0 Å². The topological polar surface area (TPSA) is 71.5 Å². The number of benzene rings is 1. The number of nitrogens with one attached hydrogen (secondary N) is 1. The number of carbonyl (C=O) groups is 2. The maximum atomic E-state index is 13.7. The number of nitrogens with zero attached hydrogens (tertiary/aromatic N) is 2. The van der Waals surface area contributed by atoms with E-state index >= 15 is 0 Å². The Bertz CT molecular complexity index is 1050. The van der Waals surface area contributed by atoms with Gasteiger partial charge in [0.1, 0.15) is 11.8 Å². The smallest absolute Gasteiger partial charge is 0.247 e. The molecule has 1 aliphatic rings. The van der Waals surface area contributed by atoms with E-state index in [1.54, 1.807) is 35.7 Å². The molecule has 0 saturated heterocycles. The van der Waals surface area contributed by atoms with Crippen molar-refractivity contribution in [1.82, 2.24) is 15.2 Å². The van der Waals surface area contributed by atoms with Crippen LogP contribution in [0.2, 0.25) is 0 Å². The number of hydrogen-bond acceptors (Lipinski definition) is 5. The van der Waals surface area contributed by atoms with E-state index in [9.17, 15) is 9.59 Å². The molecule has 0 bridgehead atoms. The van der Waals surface area contributed by atoms with E-state index in [-0.39, 0.29) is 24.3 Å². The zero-order chi connectivity index (χ0) is 23.8. The van der Waals surface area contributed by atoms with E-state index < -0.39 is 6.04 Å². The third-order valence-corrected chi connectivity index (χ3v) is 7.13. The molecule has 7 heteroatoms. The fraction of sp³-hybridized carbons (Fsp3) is 0.370. The average molecular weight is 478 g/mol. The highest BCUT2D eigenvalue weighted by molar-refractivity contribution is 7.10. The van der Waals surface area contributed by atoms with Crippen molar-refractivity contribution in [3.8, 4) is 5.75 Å². The molecule has 4 rings (SSSR count). The Morgan fingerprint density at radius 1 is 1.12 bits per heavy atom. The first-order chi connectivity index (χ1) is 16.6. The Labute approximate surface area is 205 Å². The molecule has 1 N–H and O–H groups in total. The van der Waals surface area contributed by atoms with Crippen LogP contribution in [0.4, 0.5) is 0 Å². The molecule has 3 aromatic rings. The number of ether oxygens (including phenoxy) is 1. The Morgan fingerprint density at radius 2 is 1.91 bits per heavy atom. The summed E-state index contributed by atoms with van der Waals surface area (Å²) in [6.07, 6.45) is 9.03. The summed E-state index contributed by atoms with van der Waals surface area (Å²) in [6.45, 7) is 0.311. The summed E-state index contributed by atoms with van der Waals surface area (Å²) >= 11 is 1.55. The molecule has 34 heavy (non-hydrogen) atoms. The van der Waals surface area contributed by atoms with Crippen LogP contribution in [0.1, 0.15) is 54.1 Å². The molecule has 1 aromatic carbocycles. The minimum Gasteiger partial charge on any atom is -0.497 e. The van der Waals surface area contributed by atoms with Crippen LogP contribution in [0.3, 0.4) is 0 Å². The zero-order valence-corrected chi connectivity index (χ0v) is 20.3. The summed E-state index contributed by atoms with van der Waals surface area (Å²) in [5, 5.41) is 5.20. The van der Waals surface area contributed by atoms with Gasteiger partial charge >= 0.3 is 0 Å². The van der Waals surface area contributed by atoms with Gasteiger partial charge in [0.25, 0.3) is 0 Å². The lowest BCUT2D eigenvalue weighted by atomic mass is 9.94. The van der Waals surface area contributed by atoms with E-state index in [0.29, 0.717) is 12.1 Å². The minimum atomic E-state index is -0.759. The van der Waals surface area contributed by atoms with Gasteiger partial charge in [0, 0.05) is 35.4 Å². The number of hydrogen-bond donors (Lipinski definition) is 1. The molecular formula is C27H31N3O3S. The number of rotatable bonds is 9. The first-order valence-electron chi connectivity index (χ1n) is 11.8.